The first-order valence-corrected chi connectivity index (χ1v) is 5.55. The lowest BCUT2D eigenvalue weighted by atomic mass is 10.0. The fourth-order valence-electron chi connectivity index (χ4n) is 1.46. The highest BCUT2D eigenvalue weighted by Crippen LogP contribution is 2.40. The number of halogens is 3. The molecule has 1 N–H and O–H groups in total. The molecule has 0 spiro atoms. The number of hydrogen-bond acceptors (Lipinski definition) is 3. The zero-order chi connectivity index (χ0) is 13.9. The van der Waals surface area contributed by atoms with Crippen LogP contribution in [0.1, 0.15) is 16.7 Å². The van der Waals surface area contributed by atoms with E-state index in [1.807, 2.05) is 0 Å². The van der Waals surface area contributed by atoms with Crippen LogP contribution in [0.2, 0.25) is 0 Å². The first-order valence-electron chi connectivity index (χ1n) is 4.74. The highest BCUT2D eigenvalue weighted by Gasteiger charge is 2.32. The molecule has 96 valence electrons. The van der Waals surface area contributed by atoms with Crippen molar-refractivity contribution < 1.29 is 23.1 Å². The Morgan fingerprint density at radius 1 is 1.50 bits per heavy atom. The summed E-state index contributed by atoms with van der Waals surface area (Å²) in [6.45, 7) is 1.59. The van der Waals surface area contributed by atoms with Crippen LogP contribution in [0, 0.1) is 18.3 Å². The third kappa shape index (κ3) is 3.96. The van der Waals surface area contributed by atoms with Crippen LogP contribution in [0.3, 0.4) is 0 Å². The standard InChI is InChI=1S/C11H8F3NO2S/c1-6-2-7(4-9(16)17)10(8(3-6)5-15)18-11(12,13)14/h2-3H,4H2,1H3,(H,16,17). The molecule has 0 aliphatic heterocycles. The molecule has 1 aromatic rings. The van der Waals surface area contributed by atoms with Gasteiger partial charge in [-0.1, -0.05) is 6.07 Å². The van der Waals surface area contributed by atoms with Crippen LogP contribution in [-0.4, -0.2) is 16.6 Å². The normalized spacial score (nSPS) is 11.1. The molecule has 0 saturated carbocycles. The van der Waals surface area contributed by atoms with Gasteiger partial charge in [0.15, 0.2) is 0 Å². The SMILES string of the molecule is Cc1cc(C#N)c(SC(F)(F)F)c(CC(=O)O)c1. The Balaban J connectivity index is 3.34. The lowest BCUT2D eigenvalue weighted by Crippen LogP contribution is -2.07. The Bertz CT molecular complexity index is 520. The first kappa shape index (κ1) is 14.4. The first-order chi connectivity index (χ1) is 8.23. The molecule has 0 radical (unpaired) electrons. The molecule has 0 heterocycles. The van der Waals surface area contributed by atoms with E-state index >= 15 is 0 Å². The summed E-state index contributed by atoms with van der Waals surface area (Å²) in [7, 11) is 0. The van der Waals surface area contributed by atoms with Gasteiger partial charge in [-0.05, 0) is 35.9 Å². The predicted molar refractivity (Wildman–Crippen MR) is 59.1 cm³/mol. The number of alkyl halides is 3. The Morgan fingerprint density at radius 3 is 2.56 bits per heavy atom. The summed E-state index contributed by atoms with van der Waals surface area (Å²) in [5, 5.41) is 17.5. The number of carboxylic acid groups (broad SMARTS) is 1. The van der Waals surface area contributed by atoms with Gasteiger partial charge >= 0.3 is 11.5 Å². The number of aryl methyl sites for hydroxylation is 1. The van der Waals surface area contributed by atoms with Gasteiger partial charge < -0.3 is 5.11 Å². The summed E-state index contributed by atoms with van der Waals surface area (Å²) in [6.07, 6.45) is -0.547. The number of carboxylic acids is 1. The van der Waals surface area contributed by atoms with E-state index in [1.165, 1.54) is 12.1 Å². The van der Waals surface area contributed by atoms with Crippen molar-refractivity contribution in [2.24, 2.45) is 0 Å². The number of rotatable bonds is 3. The van der Waals surface area contributed by atoms with Gasteiger partial charge in [0, 0.05) is 4.90 Å². The molecule has 7 heteroatoms. The lowest BCUT2D eigenvalue weighted by molar-refractivity contribution is -0.136. The van der Waals surface area contributed by atoms with Crippen molar-refractivity contribution in [1.82, 2.24) is 0 Å². The van der Waals surface area contributed by atoms with Crippen LogP contribution < -0.4 is 0 Å². The van der Waals surface area contributed by atoms with E-state index in [4.69, 9.17) is 10.4 Å². The topological polar surface area (TPSA) is 61.1 Å². The second-order valence-electron chi connectivity index (χ2n) is 3.53. The smallest absolute Gasteiger partial charge is 0.446 e. The highest BCUT2D eigenvalue weighted by atomic mass is 32.2. The van der Waals surface area contributed by atoms with Crippen molar-refractivity contribution >= 4 is 17.7 Å². The van der Waals surface area contributed by atoms with E-state index in [0.29, 0.717) is 5.56 Å². The van der Waals surface area contributed by atoms with E-state index in [1.54, 1.807) is 13.0 Å². The van der Waals surface area contributed by atoms with E-state index in [9.17, 15) is 18.0 Å². The fourth-order valence-corrected chi connectivity index (χ4v) is 2.17. The second kappa shape index (κ2) is 5.31. The number of thioether (sulfide) groups is 1. The molecule has 0 amide bonds. The Kier molecular flexibility index (Phi) is 4.24. The number of nitrogens with zero attached hydrogens (tertiary/aromatic N) is 1. The third-order valence-corrected chi connectivity index (χ3v) is 2.91. The summed E-state index contributed by atoms with van der Waals surface area (Å²) in [5.74, 6) is -1.24. The van der Waals surface area contributed by atoms with Crippen molar-refractivity contribution in [2.75, 3.05) is 0 Å². The van der Waals surface area contributed by atoms with Gasteiger partial charge in [-0.2, -0.15) is 18.4 Å². The van der Waals surface area contributed by atoms with Crippen LogP contribution in [0.25, 0.3) is 0 Å². The van der Waals surface area contributed by atoms with Crippen LogP contribution in [0.15, 0.2) is 17.0 Å². The molecule has 0 saturated heterocycles. The zero-order valence-corrected chi connectivity index (χ0v) is 10.0. The second-order valence-corrected chi connectivity index (χ2v) is 4.61. The molecular weight excluding hydrogens is 267 g/mol. The van der Waals surface area contributed by atoms with E-state index in [2.05, 4.69) is 0 Å². The molecule has 0 atom stereocenters. The molecule has 18 heavy (non-hydrogen) atoms. The van der Waals surface area contributed by atoms with Crippen molar-refractivity contribution in [3.63, 3.8) is 0 Å². The monoisotopic (exact) mass is 275 g/mol. The molecule has 0 aromatic heterocycles. The maximum Gasteiger partial charge on any atom is 0.446 e. The molecule has 1 rings (SSSR count). The van der Waals surface area contributed by atoms with Gasteiger partial charge in [0.25, 0.3) is 0 Å². The van der Waals surface area contributed by atoms with Crippen molar-refractivity contribution in [2.45, 2.75) is 23.7 Å². The van der Waals surface area contributed by atoms with Gasteiger partial charge in [-0.25, -0.2) is 0 Å². The molecule has 0 aliphatic carbocycles. The minimum absolute atomic E-state index is 0.00127. The van der Waals surface area contributed by atoms with E-state index < -0.39 is 29.7 Å². The zero-order valence-electron chi connectivity index (χ0n) is 9.21. The third-order valence-electron chi connectivity index (χ3n) is 1.99. The van der Waals surface area contributed by atoms with Crippen LogP contribution in [0.5, 0.6) is 0 Å². The predicted octanol–water partition coefficient (Wildman–Crippen LogP) is 3.11. The van der Waals surface area contributed by atoms with Crippen molar-refractivity contribution in [3.05, 3.63) is 28.8 Å². The summed E-state index contributed by atoms with van der Waals surface area (Å²) >= 11 is -0.457. The number of carbonyl (C=O) groups is 1. The molecule has 0 aliphatic rings. The Morgan fingerprint density at radius 2 is 2.11 bits per heavy atom. The van der Waals surface area contributed by atoms with Crippen LogP contribution in [-0.2, 0) is 11.2 Å². The number of aliphatic carboxylic acids is 1. The van der Waals surface area contributed by atoms with E-state index in [-0.39, 0.29) is 16.0 Å². The largest absolute Gasteiger partial charge is 0.481 e. The minimum Gasteiger partial charge on any atom is -0.481 e. The molecule has 1 aromatic carbocycles. The van der Waals surface area contributed by atoms with Crippen molar-refractivity contribution in [3.8, 4) is 6.07 Å². The van der Waals surface area contributed by atoms with Gasteiger partial charge in [0.05, 0.1) is 12.0 Å². The fraction of sp³-hybridized carbons (Fsp3) is 0.273. The van der Waals surface area contributed by atoms with Crippen LogP contribution >= 0.6 is 11.8 Å². The van der Waals surface area contributed by atoms with Gasteiger partial charge in [0.2, 0.25) is 0 Å². The number of hydrogen-bond donors (Lipinski definition) is 1. The van der Waals surface area contributed by atoms with Gasteiger partial charge in [0.1, 0.15) is 6.07 Å². The Hall–Kier alpha value is -1.68. The van der Waals surface area contributed by atoms with Crippen LogP contribution in [0.4, 0.5) is 13.2 Å². The quantitative estimate of drug-likeness (QED) is 0.861. The summed E-state index contributed by atoms with van der Waals surface area (Å²) in [6, 6.07) is 4.31. The van der Waals surface area contributed by atoms with Crippen molar-refractivity contribution in [1.29, 1.82) is 5.26 Å². The molecular formula is C11H8F3NO2S. The molecule has 3 nitrogen and oxygen atoms in total. The number of nitriles is 1. The highest BCUT2D eigenvalue weighted by molar-refractivity contribution is 8.00. The average molecular weight is 275 g/mol. The summed E-state index contributed by atoms with van der Waals surface area (Å²) in [5.41, 5.74) is -4.17. The Labute approximate surface area is 105 Å². The maximum absolute atomic E-state index is 12.4. The van der Waals surface area contributed by atoms with Gasteiger partial charge in [-0.3, -0.25) is 4.79 Å². The summed E-state index contributed by atoms with van der Waals surface area (Å²) < 4.78 is 37.1. The molecule has 0 bridgehead atoms. The maximum atomic E-state index is 12.4. The summed E-state index contributed by atoms with van der Waals surface area (Å²) in [4.78, 5) is 10.3. The minimum atomic E-state index is -4.56. The van der Waals surface area contributed by atoms with E-state index in [0.717, 1.165) is 0 Å². The average Bonchev–Trinajstić information content (AvgIpc) is 2.19. The van der Waals surface area contributed by atoms with Gasteiger partial charge in [-0.15, -0.1) is 0 Å². The number of benzene rings is 1. The molecule has 0 fully saturated rings. The lowest BCUT2D eigenvalue weighted by Gasteiger charge is -2.12. The molecule has 0 unspecified atom stereocenters.